The molecule has 2 aromatic heterocycles. The van der Waals surface area contributed by atoms with Gasteiger partial charge in [-0.3, -0.25) is 4.79 Å². The number of nitrogens with zero attached hydrogens (tertiary/aromatic N) is 3. The zero-order chi connectivity index (χ0) is 14.2. The number of aromatic nitrogens is 3. The first kappa shape index (κ1) is 11.7. The van der Waals surface area contributed by atoms with E-state index in [4.69, 9.17) is 13.9 Å². The van der Waals surface area contributed by atoms with Gasteiger partial charge in [0.15, 0.2) is 29.2 Å². The van der Waals surface area contributed by atoms with Crippen LogP contribution in [0.2, 0.25) is 0 Å². The predicted molar refractivity (Wildman–Crippen MR) is 70.6 cm³/mol. The van der Waals surface area contributed by atoms with E-state index in [1.54, 1.807) is 24.3 Å². The maximum Gasteiger partial charge on any atom is 0.231 e. The third-order valence-electron chi connectivity index (χ3n) is 3.16. The second-order valence-corrected chi connectivity index (χ2v) is 4.37. The van der Waals surface area contributed by atoms with Gasteiger partial charge in [-0.1, -0.05) is 5.21 Å². The average Bonchev–Trinajstić information content (AvgIpc) is 3.24. The Kier molecular flexibility index (Phi) is 2.50. The fraction of sp³-hybridized carbons (Fsp3) is 0.0714. The van der Waals surface area contributed by atoms with Gasteiger partial charge in [0.25, 0.3) is 0 Å². The summed E-state index contributed by atoms with van der Waals surface area (Å²) in [6, 6.07) is 8.85. The van der Waals surface area contributed by atoms with Gasteiger partial charge in [-0.15, -0.1) is 5.10 Å². The molecule has 0 bridgehead atoms. The lowest BCUT2D eigenvalue weighted by Crippen LogP contribution is -1.99. The molecule has 1 aromatic carbocycles. The Bertz CT molecular complexity index is 808. The molecule has 0 saturated heterocycles. The van der Waals surface area contributed by atoms with E-state index in [-0.39, 0.29) is 12.5 Å². The van der Waals surface area contributed by atoms with E-state index >= 15 is 0 Å². The summed E-state index contributed by atoms with van der Waals surface area (Å²) < 4.78 is 17.5. The molecule has 1 aliphatic rings. The molecule has 104 valence electrons. The van der Waals surface area contributed by atoms with Gasteiger partial charge in [0.1, 0.15) is 5.69 Å². The van der Waals surface area contributed by atoms with Gasteiger partial charge in [0, 0.05) is 6.07 Å². The van der Waals surface area contributed by atoms with Gasteiger partial charge < -0.3 is 13.9 Å². The molecule has 0 atom stereocenters. The number of aldehydes is 1. The maximum absolute atomic E-state index is 11.2. The lowest BCUT2D eigenvalue weighted by atomic mass is 10.2. The van der Waals surface area contributed by atoms with Crippen LogP contribution in [0.3, 0.4) is 0 Å². The van der Waals surface area contributed by atoms with E-state index in [2.05, 4.69) is 10.3 Å². The van der Waals surface area contributed by atoms with Crippen LogP contribution in [0.5, 0.6) is 11.5 Å². The third-order valence-corrected chi connectivity index (χ3v) is 3.16. The van der Waals surface area contributed by atoms with Crippen LogP contribution in [0.1, 0.15) is 10.5 Å². The Hall–Kier alpha value is -3.09. The predicted octanol–water partition coefficient (Wildman–Crippen LogP) is 2.07. The van der Waals surface area contributed by atoms with Gasteiger partial charge in [-0.25, -0.2) is 4.68 Å². The summed E-state index contributed by atoms with van der Waals surface area (Å²) in [7, 11) is 0. The Morgan fingerprint density at radius 1 is 1.19 bits per heavy atom. The molecule has 0 saturated carbocycles. The van der Waals surface area contributed by atoms with Gasteiger partial charge in [0.2, 0.25) is 6.79 Å². The van der Waals surface area contributed by atoms with E-state index in [1.807, 2.05) is 6.07 Å². The summed E-state index contributed by atoms with van der Waals surface area (Å²) >= 11 is 0. The number of furan rings is 1. The number of fused-ring (bicyclic) bond motifs is 1. The smallest absolute Gasteiger partial charge is 0.231 e. The van der Waals surface area contributed by atoms with E-state index in [9.17, 15) is 4.79 Å². The monoisotopic (exact) mass is 283 g/mol. The number of hydrogen-bond acceptors (Lipinski definition) is 6. The SMILES string of the molecule is O=Cc1nnn(-c2ccc3c(c2)OCO3)c1-c1ccco1. The van der Waals surface area contributed by atoms with Gasteiger partial charge in [-0.05, 0) is 24.3 Å². The number of ether oxygens (including phenoxy) is 2. The summed E-state index contributed by atoms with van der Waals surface area (Å²) in [4.78, 5) is 11.2. The van der Waals surface area contributed by atoms with Crippen molar-refractivity contribution >= 4 is 6.29 Å². The van der Waals surface area contributed by atoms with Gasteiger partial charge >= 0.3 is 0 Å². The van der Waals surface area contributed by atoms with Crippen LogP contribution in [0.4, 0.5) is 0 Å². The highest BCUT2D eigenvalue weighted by Crippen LogP contribution is 2.35. The van der Waals surface area contributed by atoms with Crippen molar-refractivity contribution in [2.24, 2.45) is 0 Å². The van der Waals surface area contributed by atoms with Crippen molar-refractivity contribution in [3.8, 4) is 28.6 Å². The van der Waals surface area contributed by atoms with Crippen LogP contribution in [0.25, 0.3) is 17.1 Å². The summed E-state index contributed by atoms with van der Waals surface area (Å²) in [5, 5.41) is 7.89. The lowest BCUT2D eigenvalue weighted by Gasteiger charge is -2.05. The van der Waals surface area contributed by atoms with Gasteiger partial charge in [0.05, 0.1) is 12.0 Å². The summed E-state index contributed by atoms with van der Waals surface area (Å²) in [5.41, 5.74) is 1.41. The Morgan fingerprint density at radius 2 is 2.10 bits per heavy atom. The van der Waals surface area contributed by atoms with Crippen molar-refractivity contribution in [2.45, 2.75) is 0 Å². The highest BCUT2D eigenvalue weighted by Gasteiger charge is 2.20. The van der Waals surface area contributed by atoms with E-state index in [0.717, 1.165) is 0 Å². The fourth-order valence-corrected chi connectivity index (χ4v) is 2.21. The average molecular weight is 283 g/mol. The molecule has 7 nitrogen and oxygen atoms in total. The topological polar surface area (TPSA) is 79.4 Å². The van der Waals surface area contributed by atoms with Gasteiger partial charge in [-0.2, -0.15) is 0 Å². The van der Waals surface area contributed by atoms with Crippen molar-refractivity contribution < 1.29 is 18.7 Å². The lowest BCUT2D eigenvalue weighted by molar-refractivity contribution is 0.111. The zero-order valence-electron chi connectivity index (χ0n) is 10.7. The molecule has 0 amide bonds. The minimum Gasteiger partial charge on any atom is -0.463 e. The highest BCUT2D eigenvalue weighted by molar-refractivity contribution is 5.82. The normalized spacial score (nSPS) is 12.6. The number of carbonyl (C=O) groups is 1. The van der Waals surface area contributed by atoms with Crippen molar-refractivity contribution in [2.75, 3.05) is 6.79 Å². The zero-order valence-corrected chi connectivity index (χ0v) is 10.7. The van der Waals surface area contributed by atoms with E-state index < -0.39 is 0 Å². The second-order valence-electron chi connectivity index (χ2n) is 4.37. The first-order chi connectivity index (χ1) is 10.4. The van der Waals surface area contributed by atoms with Crippen molar-refractivity contribution in [1.82, 2.24) is 15.0 Å². The molecule has 0 radical (unpaired) electrons. The molecule has 1 aliphatic heterocycles. The van der Waals surface area contributed by atoms with Crippen molar-refractivity contribution in [3.05, 3.63) is 42.3 Å². The Labute approximate surface area is 118 Å². The molecule has 0 fully saturated rings. The molecule has 4 rings (SSSR count). The van der Waals surface area contributed by atoms with Crippen molar-refractivity contribution in [3.63, 3.8) is 0 Å². The molecule has 21 heavy (non-hydrogen) atoms. The first-order valence-electron chi connectivity index (χ1n) is 6.21. The van der Waals surface area contributed by atoms with E-state index in [0.29, 0.717) is 34.9 Å². The number of carbonyl (C=O) groups excluding carboxylic acids is 1. The van der Waals surface area contributed by atoms with Crippen LogP contribution >= 0.6 is 0 Å². The molecular weight excluding hydrogens is 274 g/mol. The number of hydrogen-bond donors (Lipinski definition) is 0. The quantitative estimate of drug-likeness (QED) is 0.685. The molecule has 3 aromatic rings. The summed E-state index contributed by atoms with van der Waals surface area (Å²) in [6.45, 7) is 0.195. The molecule has 3 heterocycles. The van der Waals surface area contributed by atoms with Crippen molar-refractivity contribution in [1.29, 1.82) is 0 Å². The van der Waals surface area contributed by atoms with Crippen LogP contribution in [-0.2, 0) is 0 Å². The molecule has 0 unspecified atom stereocenters. The van der Waals surface area contributed by atoms with Crippen LogP contribution in [0.15, 0.2) is 41.0 Å². The van der Waals surface area contributed by atoms with Crippen LogP contribution in [0, 0.1) is 0 Å². The third kappa shape index (κ3) is 1.78. The summed E-state index contributed by atoms with van der Waals surface area (Å²) in [6.07, 6.45) is 2.18. The number of rotatable bonds is 3. The molecule has 7 heteroatoms. The molecule has 0 N–H and O–H groups in total. The molecule has 0 spiro atoms. The number of benzene rings is 1. The fourth-order valence-electron chi connectivity index (χ4n) is 2.21. The summed E-state index contributed by atoms with van der Waals surface area (Å²) in [5.74, 6) is 1.81. The van der Waals surface area contributed by atoms with Crippen LogP contribution in [-0.4, -0.2) is 28.1 Å². The highest BCUT2D eigenvalue weighted by atomic mass is 16.7. The minimum atomic E-state index is 0.195. The first-order valence-corrected chi connectivity index (χ1v) is 6.21. The second kappa shape index (κ2) is 4.48. The Balaban J connectivity index is 1.89. The minimum absolute atomic E-state index is 0.195. The standard InChI is InChI=1S/C14H9N3O4/c18-7-10-14(12-2-1-5-19-12)17(16-15-10)9-3-4-11-13(6-9)21-8-20-11/h1-7H,8H2. The maximum atomic E-state index is 11.2. The van der Waals surface area contributed by atoms with E-state index in [1.165, 1.54) is 10.9 Å². The van der Waals surface area contributed by atoms with Crippen LogP contribution < -0.4 is 9.47 Å². The largest absolute Gasteiger partial charge is 0.463 e. The Morgan fingerprint density at radius 3 is 2.90 bits per heavy atom. The molecular formula is C14H9N3O4. The molecule has 0 aliphatic carbocycles.